The van der Waals surface area contributed by atoms with Crippen molar-refractivity contribution in [3.63, 3.8) is 0 Å². The molecule has 2 aromatic heterocycles. The third-order valence-corrected chi connectivity index (χ3v) is 5.43. The second-order valence-corrected chi connectivity index (χ2v) is 7.14. The SMILES string of the molecule is Cc1ccc(S(=O)(=O)n2c(C(=O)O)cc3c(Cl)ccnc32)cc1. The number of aromatic nitrogens is 2. The van der Waals surface area contributed by atoms with Crippen LogP contribution in [0.5, 0.6) is 0 Å². The van der Waals surface area contributed by atoms with Crippen molar-refractivity contribution in [3.8, 4) is 0 Å². The minimum Gasteiger partial charge on any atom is -0.477 e. The van der Waals surface area contributed by atoms with E-state index in [4.69, 9.17) is 11.6 Å². The van der Waals surface area contributed by atoms with E-state index in [1.165, 1.54) is 30.5 Å². The molecule has 1 aromatic carbocycles. The number of pyridine rings is 1. The van der Waals surface area contributed by atoms with Crippen LogP contribution in [-0.4, -0.2) is 28.5 Å². The second kappa shape index (κ2) is 5.36. The van der Waals surface area contributed by atoms with Gasteiger partial charge in [0.2, 0.25) is 0 Å². The number of benzene rings is 1. The van der Waals surface area contributed by atoms with E-state index in [1.54, 1.807) is 12.1 Å². The minimum atomic E-state index is -4.12. The zero-order valence-electron chi connectivity index (χ0n) is 11.9. The number of aryl methyl sites for hydroxylation is 1. The molecule has 3 aromatic rings. The first-order valence-electron chi connectivity index (χ1n) is 6.54. The quantitative estimate of drug-likeness (QED) is 0.784. The van der Waals surface area contributed by atoms with Gasteiger partial charge in [-0.25, -0.2) is 22.2 Å². The Morgan fingerprint density at radius 3 is 2.48 bits per heavy atom. The van der Waals surface area contributed by atoms with Crippen molar-refractivity contribution in [3.05, 3.63) is 58.9 Å². The molecule has 0 radical (unpaired) electrons. The van der Waals surface area contributed by atoms with E-state index in [9.17, 15) is 18.3 Å². The van der Waals surface area contributed by atoms with E-state index >= 15 is 0 Å². The summed E-state index contributed by atoms with van der Waals surface area (Å²) in [7, 11) is -4.12. The van der Waals surface area contributed by atoms with Crippen molar-refractivity contribution in [2.24, 2.45) is 0 Å². The molecule has 0 unspecified atom stereocenters. The molecule has 3 rings (SSSR count). The number of nitrogens with zero attached hydrogens (tertiary/aromatic N) is 2. The maximum absolute atomic E-state index is 12.9. The van der Waals surface area contributed by atoms with Gasteiger partial charge in [0.15, 0.2) is 5.65 Å². The van der Waals surface area contributed by atoms with E-state index in [0.717, 1.165) is 5.56 Å². The summed E-state index contributed by atoms with van der Waals surface area (Å²) in [6, 6.07) is 8.80. The molecule has 0 saturated carbocycles. The number of carboxylic acids is 1. The van der Waals surface area contributed by atoms with Gasteiger partial charge in [-0.05, 0) is 31.2 Å². The van der Waals surface area contributed by atoms with Crippen LogP contribution in [0.3, 0.4) is 0 Å². The summed E-state index contributed by atoms with van der Waals surface area (Å²) < 4.78 is 26.5. The van der Waals surface area contributed by atoms with Crippen molar-refractivity contribution in [2.45, 2.75) is 11.8 Å². The zero-order chi connectivity index (χ0) is 16.8. The Kier molecular flexibility index (Phi) is 3.62. The Balaban J connectivity index is 2.38. The molecule has 6 nitrogen and oxygen atoms in total. The Hall–Kier alpha value is -2.38. The largest absolute Gasteiger partial charge is 0.477 e. The summed E-state index contributed by atoms with van der Waals surface area (Å²) in [6.45, 7) is 1.82. The number of hydrogen-bond donors (Lipinski definition) is 1. The van der Waals surface area contributed by atoms with E-state index in [-0.39, 0.29) is 21.0 Å². The summed E-state index contributed by atoms with van der Waals surface area (Å²) in [5.74, 6) is -1.38. The van der Waals surface area contributed by atoms with Crippen LogP contribution in [0, 0.1) is 6.92 Å². The molecule has 0 bridgehead atoms. The van der Waals surface area contributed by atoms with Gasteiger partial charge in [0.05, 0.1) is 9.92 Å². The molecule has 0 aliphatic rings. The standard InChI is InChI=1S/C15H11ClN2O4S/c1-9-2-4-10(5-3-9)23(21,22)18-13(15(19)20)8-11-12(16)6-7-17-14(11)18/h2-8H,1H3,(H,19,20). The van der Waals surface area contributed by atoms with Crippen LogP contribution in [0.25, 0.3) is 11.0 Å². The highest BCUT2D eigenvalue weighted by atomic mass is 35.5. The molecule has 8 heteroatoms. The second-order valence-electron chi connectivity index (χ2n) is 4.95. The lowest BCUT2D eigenvalue weighted by Gasteiger charge is -2.09. The monoisotopic (exact) mass is 350 g/mol. The lowest BCUT2D eigenvalue weighted by atomic mass is 10.2. The van der Waals surface area contributed by atoms with Gasteiger partial charge in [-0.3, -0.25) is 0 Å². The maximum Gasteiger partial charge on any atom is 0.353 e. The number of rotatable bonds is 3. The van der Waals surface area contributed by atoms with Crippen LogP contribution in [0.15, 0.2) is 47.5 Å². The zero-order valence-corrected chi connectivity index (χ0v) is 13.5. The fraction of sp³-hybridized carbons (Fsp3) is 0.0667. The predicted octanol–water partition coefficient (Wildman–Crippen LogP) is 2.93. The molecule has 0 amide bonds. The Bertz CT molecular complexity index is 1020. The van der Waals surface area contributed by atoms with Gasteiger partial charge in [0, 0.05) is 11.6 Å². The summed E-state index contributed by atoms with van der Waals surface area (Å²) in [4.78, 5) is 15.4. The number of carboxylic acid groups (broad SMARTS) is 1. The Morgan fingerprint density at radius 2 is 1.87 bits per heavy atom. The van der Waals surface area contributed by atoms with Crippen LogP contribution >= 0.6 is 11.6 Å². The first-order chi connectivity index (χ1) is 10.8. The third kappa shape index (κ3) is 2.47. The maximum atomic E-state index is 12.9. The van der Waals surface area contributed by atoms with E-state index < -0.39 is 21.7 Å². The molecular formula is C15H11ClN2O4S. The van der Waals surface area contributed by atoms with Crippen molar-refractivity contribution in [1.82, 2.24) is 8.96 Å². The van der Waals surface area contributed by atoms with Gasteiger partial charge >= 0.3 is 5.97 Å². The number of fused-ring (bicyclic) bond motifs is 1. The Labute approximate surface area is 137 Å². The van der Waals surface area contributed by atoms with Gasteiger partial charge in [0.25, 0.3) is 10.0 Å². The Morgan fingerprint density at radius 1 is 1.22 bits per heavy atom. The van der Waals surface area contributed by atoms with Crippen LogP contribution < -0.4 is 0 Å². The molecule has 0 aliphatic carbocycles. The number of aromatic carboxylic acids is 1. The number of hydrogen-bond acceptors (Lipinski definition) is 4. The highest BCUT2D eigenvalue weighted by molar-refractivity contribution is 7.90. The van der Waals surface area contributed by atoms with Gasteiger partial charge in [-0.1, -0.05) is 29.3 Å². The van der Waals surface area contributed by atoms with Crippen molar-refractivity contribution < 1.29 is 18.3 Å². The van der Waals surface area contributed by atoms with E-state index in [2.05, 4.69) is 4.98 Å². The molecule has 0 saturated heterocycles. The normalized spacial score (nSPS) is 11.7. The average Bonchev–Trinajstić information content (AvgIpc) is 2.89. The third-order valence-electron chi connectivity index (χ3n) is 3.39. The highest BCUT2D eigenvalue weighted by Gasteiger charge is 2.27. The van der Waals surface area contributed by atoms with Crippen LogP contribution in [-0.2, 0) is 10.0 Å². The summed E-state index contributed by atoms with van der Waals surface area (Å²) in [5.41, 5.74) is 0.456. The molecule has 2 heterocycles. The average molecular weight is 351 g/mol. The fourth-order valence-corrected chi connectivity index (χ4v) is 3.90. The van der Waals surface area contributed by atoms with Gasteiger partial charge < -0.3 is 5.11 Å². The summed E-state index contributed by atoms with van der Waals surface area (Å²) in [5, 5.41) is 9.85. The first-order valence-corrected chi connectivity index (χ1v) is 8.35. The van der Waals surface area contributed by atoms with E-state index in [0.29, 0.717) is 3.97 Å². The molecule has 23 heavy (non-hydrogen) atoms. The topological polar surface area (TPSA) is 89.3 Å². The number of halogens is 1. The lowest BCUT2D eigenvalue weighted by Crippen LogP contribution is -2.18. The van der Waals surface area contributed by atoms with Crippen LogP contribution in [0.4, 0.5) is 0 Å². The molecule has 0 atom stereocenters. The molecular weight excluding hydrogens is 340 g/mol. The van der Waals surface area contributed by atoms with Gasteiger partial charge in [-0.15, -0.1) is 0 Å². The van der Waals surface area contributed by atoms with Crippen molar-refractivity contribution >= 4 is 38.6 Å². The molecule has 0 spiro atoms. The summed E-state index contributed by atoms with van der Waals surface area (Å²) in [6.07, 6.45) is 1.33. The predicted molar refractivity (Wildman–Crippen MR) is 85.5 cm³/mol. The first kappa shape index (κ1) is 15.5. The fourth-order valence-electron chi connectivity index (χ4n) is 2.25. The number of carbonyl (C=O) groups is 1. The molecule has 118 valence electrons. The lowest BCUT2D eigenvalue weighted by molar-refractivity contribution is 0.0689. The smallest absolute Gasteiger partial charge is 0.353 e. The van der Waals surface area contributed by atoms with Gasteiger partial charge in [0.1, 0.15) is 5.69 Å². The van der Waals surface area contributed by atoms with E-state index in [1.807, 2.05) is 6.92 Å². The molecule has 0 fully saturated rings. The molecule has 1 N–H and O–H groups in total. The summed E-state index contributed by atoms with van der Waals surface area (Å²) >= 11 is 6.02. The van der Waals surface area contributed by atoms with Crippen molar-refractivity contribution in [1.29, 1.82) is 0 Å². The molecule has 0 aliphatic heterocycles. The van der Waals surface area contributed by atoms with Crippen LogP contribution in [0.2, 0.25) is 5.02 Å². The minimum absolute atomic E-state index is 0.0181. The van der Waals surface area contributed by atoms with Crippen LogP contribution in [0.1, 0.15) is 16.1 Å². The highest BCUT2D eigenvalue weighted by Crippen LogP contribution is 2.29. The van der Waals surface area contributed by atoms with Gasteiger partial charge in [-0.2, -0.15) is 0 Å². The van der Waals surface area contributed by atoms with Crippen molar-refractivity contribution in [2.75, 3.05) is 0 Å².